The van der Waals surface area contributed by atoms with Crippen molar-refractivity contribution >= 4 is 0 Å². The first-order valence-corrected chi connectivity index (χ1v) is 13.9. The van der Waals surface area contributed by atoms with Crippen molar-refractivity contribution in [3.05, 3.63) is 11.6 Å². The second-order valence-electron chi connectivity index (χ2n) is 15.2. The monoisotopic (exact) mass is 458 g/mol. The van der Waals surface area contributed by atoms with Gasteiger partial charge in [-0.15, -0.1) is 0 Å². The smallest absolute Gasteiger partial charge is 0.0762 e. The maximum atomic E-state index is 11.9. The van der Waals surface area contributed by atoms with E-state index in [1.165, 1.54) is 24.8 Å². The molecule has 5 rings (SSSR count). The highest BCUT2D eigenvalue weighted by Crippen LogP contribution is 2.75. The van der Waals surface area contributed by atoms with Crippen LogP contribution >= 0.6 is 0 Å². The lowest BCUT2D eigenvalue weighted by molar-refractivity contribution is -0.224. The third-order valence-electron chi connectivity index (χ3n) is 13.2. The average molecular weight is 459 g/mol. The van der Waals surface area contributed by atoms with Crippen LogP contribution in [-0.2, 0) is 0 Å². The van der Waals surface area contributed by atoms with E-state index in [0.29, 0.717) is 17.3 Å². The molecule has 10 atom stereocenters. The predicted molar refractivity (Wildman–Crippen MR) is 134 cm³/mol. The van der Waals surface area contributed by atoms with Crippen molar-refractivity contribution in [1.29, 1.82) is 0 Å². The van der Waals surface area contributed by atoms with Crippen LogP contribution < -0.4 is 0 Å². The van der Waals surface area contributed by atoms with Gasteiger partial charge < -0.3 is 15.3 Å². The van der Waals surface area contributed by atoms with Crippen molar-refractivity contribution in [2.24, 2.45) is 50.2 Å². The minimum atomic E-state index is -0.415. The first kappa shape index (κ1) is 24.3. The number of allylic oxidation sites excluding steroid dienone is 1. The Morgan fingerprint density at radius 2 is 1.52 bits per heavy atom. The molecule has 0 aliphatic heterocycles. The molecule has 0 spiro atoms. The van der Waals surface area contributed by atoms with Gasteiger partial charge in [0.1, 0.15) is 0 Å². The van der Waals surface area contributed by atoms with Gasteiger partial charge in [0.2, 0.25) is 0 Å². The van der Waals surface area contributed by atoms with Crippen LogP contribution in [0.1, 0.15) is 106 Å². The molecule has 3 N–H and O–H groups in total. The molecule has 0 heterocycles. The van der Waals surface area contributed by atoms with Gasteiger partial charge in [-0.25, -0.2) is 0 Å². The Kier molecular flexibility index (Phi) is 5.23. The summed E-state index contributed by atoms with van der Waals surface area (Å²) in [5, 5.41) is 33.0. The number of rotatable bonds is 1. The second-order valence-corrected chi connectivity index (χ2v) is 15.2. The zero-order valence-corrected chi connectivity index (χ0v) is 22.4. The maximum absolute atomic E-state index is 11.9. The normalized spacial score (nSPS) is 57.8. The van der Waals surface area contributed by atoms with Gasteiger partial charge in [0, 0.05) is 12.5 Å². The summed E-state index contributed by atoms with van der Waals surface area (Å²) >= 11 is 0. The SMILES string of the molecule is CC1(C)C2CC[C@]3(C)C([C@H](O)C=C4C5C[C@@](C)(CO)CC[C@]5(C)CC[C@]43C)[C@@]2(C)CC[C@@H]1O. The Labute approximate surface area is 202 Å². The molecule has 5 aliphatic carbocycles. The van der Waals surface area contributed by atoms with Gasteiger partial charge in [-0.3, -0.25) is 0 Å². The molecule has 0 aromatic heterocycles. The minimum absolute atomic E-state index is 0.000849. The summed E-state index contributed by atoms with van der Waals surface area (Å²) in [4.78, 5) is 0. The quantitative estimate of drug-likeness (QED) is 0.415. The van der Waals surface area contributed by atoms with Crippen molar-refractivity contribution in [2.75, 3.05) is 6.61 Å². The molecule has 0 saturated heterocycles. The van der Waals surface area contributed by atoms with Gasteiger partial charge in [0.15, 0.2) is 0 Å². The lowest BCUT2D eigenvalue weighted by Crippen LogP contribution is -2.67. The van der Waals surface area contributed by atoms with E-state index in [0.717, 1.165) is 38.5 Å². The number of aliphatic hydroxyl groups is 3. The molecule has 188 valence electrons. The first-order chi connectivity index (χ1) is 15.2. The lowest BCUT2D eigenvalue weighted by atomic mass is 9.33. The Morgan fingerprint density at radius 1 is 0.848 bits per heavy atom. The van der Waals surface area contributed by atoms with Gasteiger partial charge in [-0.2, -0.15) is 0 Å². The fourth-order valence-corrected chi connectivity index (χ4v) is 10.7. The molecule has 3 heteroatoms. The third-order valence-corrected chi connectivity index (χ3v) is 13.2. The van der Waals surface area contributed by atoms with Crippen molar-refractivity contribution in [1.82, 2.24) is 0 Å². The molecule has 3 nitrogen and oxygen atoms in total. The van der Waals surface area contributed by atoms with Gasteiger partial charge in [0.25, 0.3) is 0 Å². The standard InChI is InChI=1S/C30H50O3/c1-25(2)22-8-11-30(7)24(28(22,5)10-9-23(25)33)21(32)16-19-20-17-26(3,18-31)12-13-27(20,4)14-15-29(19,30)6/h16,20-24,31-33H,8-15,17-18H2,1-7H3/t20?,21-,22?,23+,24?,26+,27-,28+,29-,30-/m1/s1. The van der Waals surface area contributed by atoms with Crippen LogP contribution in [0.25, 0.3) is 0 Å². The summed E-state index contributed by atoms with van der Waals surface area (Å²) in [6, 6.07) is 0. The molecule has 4 fully saturated rings. The van der Waals surface area contributed by atoms with Crippen LogP contribution in [0, 0.1) is 50.2 Å². The number of aliphatic hydroxyl groups excluding tert-OH is 3. The zero-order valence-electron chi connectivity index (χ0n) is 22.4. The lowest BCUT2D eigenvalue weighted by Gasteiger charge is -2.72. The molecular formula is C30H50O3. The van der Waals surface area contributed by atoms with E-state index in [9.17, 15) is 15.3 Å². The number of hydrogen-bond acceptors (Lipinski definition) is 3. The van der Waals surface area contributed by atoms with Crippen LogP contribution in [0.2, 0.25) is 0 Å². The first-order valence-electron chi connectivity index (χ1n) is 13.9. The second kappa shape index (κ2) is 7.10. The summed E-state index contributed by atoms with van der Waals surface area (Å²) in [6.07, 6.45) is 11.6. The molecule has 0 bridgehead atoms. The van der Waals surface area contributed by atoms with E-state index in [1.807, 2.05) is 0 Å². The summed E-state index contributed by atoms with van der Waals surface area (Å²) in [5.41, 5.74) is 1.93. The largest absolute Gasteiger partial charge is 0.396 e. The van der Waals surface area contributed by atoms with Crippen molar-refractivity contribution in [2.45, 2.75) is 118 Å². The van der Waals surface area contributed by atoms with Crippen LogP contribution in [0.3, 0.4) is 0 Å². The van der Waals surface area contributed by atoms with Gasteiger partial charge >= 0.3 is 0 Å². The van der Waals surface area contributed by atoms with E-state index in [2.05, 4.69) is 54.5 Å². The molecule has 4 saturated carbocycles. The molecule has 33 heavy (non-hydrogen) atoms. The van der Waals surface area contributed by atoms with Crippen LogP contribution in [0.15, 0.2) is 11.6 Å². The summed E-state index contributed by atoms with van der Waals surface area (Å²) < 4.78 is 0. The Morgan fingerprint density at radius 3 is 2.18 bits per heavy atom. The van der Waals surface area contributed by atoms with Gasteiger partial charge in [-0.05, 0) is 102 Å². The van der Waals surface area contributed by atoms with E-state index in [-0.39, 0.29) is 45.7 Å². The average Bonchev–Trinajstić information content (AvgIpc) is 2.74. The van der Waals surface area contributed by atoms with Crippen LogP contribution in [0.4, 0.5) is 0 Å². The molecule has 0 amide bonds. The fraction of sp³-hybridized carbons (Fsp3) is 0.933. The molecular weight excluding hydrogens is 408 g/mol. The molecule has 0 aromatic rings. The highest BCUT2D eigenvalue weighted by atomic mass is 16.3. The molecule has 0 aromatic carbocycles. The molecule has 3 unspecified atom stereocenters. The Balaban J connectivity index is 1.61. The number of hydrogen-bond donors (Lipinski definition) is 3. The van der Waals surface area contributed by atoms with E-state index in [4.69, 9.17) is 0 Å². The molecule has 5 aliphatic rings. The van der Waals surface area contributed by atoms with Crippen molar-refractivity contribution in [3.63, 3.8) is 0 Å². The summed E-state index contributed by atoms with van der Waals surface area (Å²) in [6.45, 7) is 17.1. The zero-order chi connectivity index (χ0) is 24.2. The predicted octanol–water partition coefficient (Wildman–Crippen LogP) is 6.11. The topological polar surface area (TPSA) is 60.7 Å². The maximum Gasteiger partial charge on any atom is 0.0762 e. The molecule has 0 radical (unpaired) electrons. The fourth-order valence-electron chi connectivity index (χ4n) is 10.7. The van der Waals surface area contributed by atoms with Crippen molar-refractivity contribution in [3.8, 4) is 0 Å². The third kappa shape index (κ3) is 2.97. The van der Waals surface area contributed by atoms with E-state index >= 15 is 0 Å². The number of fused-ring (bicyclic) bond motifs is 7. The highest BCUT2D eigenvalue weighted by Gasteiger charge is 2.69. The summed E-state index contributed by atoms with van der Waals surface area (Å²) in [5.74, 6) is 1.15. The minimum Gasteiger partial charge on any atom is -0.396 e. The van der Waals surface area contributed by atoms with Crippen LogP contribution in [-0.4, -0.2) is 34.1 Å². The highest BCUT2D eigenvalue weighted by molar-refractivity contribution is 5.35. The Bertz CT molecular complexity index is 847. The van der Waals surface area contributed by atoms with E-state index < -0.39 is 6.10 Å². The van der Waals surface area contributed by atoms with Crippen LogP contribution in [0.5, 0.6) is 0 Å². The van der Waals surface area contributed by atoms with Gasteiger partial charge in [-0.1, -0.05) is 60.1 Å². The summed E-state index contributed by atoms with van der Waals surface area (Å²) in [7, 11) is 0. The van der Waals surface area contributed by atoms with E-state index in [1.54, 1.807) is 0 Å². The Hall–Kier alpha value is -0.380. The van der Waals surface area contributed by atoms with Gasteiger partial charge in [0.05, 0.1) is 12.2 Å². The van der Waals surface area contributed by atoms with Crippen molar-refractivity contribution < 1.29 is 15.3 Å².